The van der Waals surface area contributed by atoms with Gasteiger partial charge < -0.3 is 15.0 Å². The third-order valence-electron chi connectivity index (χ3n) is 4.90. The molecule has 0 saturated carbocycles. The zero-order chi connectivity index (χ0) is 17.1. The number of benzene rings is 1. The van der Waals surface area contributed by atoms with Crippen LogP contribution < -0.4 is 15.0 Å². The number of anilines is 1. The Morgan fingerprint density at radius 3 is 2.92 bits per heavy atom. The van der Waals surface area contributed by atoms with Crippen LogP contribution in [0.3, 0.4) is 0 Å². The molecule has 1 aliphatic carbocycles. The van der Waals surface area contributed by atoms with Gasteiger partial charge >= 0.3 is 0 Å². The van der Waals surface area contributed by atoms with Crippen molar-refractivity contribution < 1.29 is 4.74 Å². The summed E-state index contributed by atoms with van der Waals surface area (Å²) in [6, 6.07) is 13.9. The van der Waals surface area contributed by atoms with Gasteiger partial charge in [-0.25, -0.2) is 4.98 Å². The minimum atomic E-state index is -0.0411. The molecule has 128 valence electrons. The maximum atomic E-state index is 9.08. The van der Waals surface area contributed by atoms with Crippen molar-refractivity contribution in [3.63, 3.8) is 0 Å². The molecule has 1 aliphatic heterocycles. The Morgan fingerprint density at radius 2 is 2.08 bits per heavy atom. The molecule has 2 aliphatic rings. The molecule has 0 spiro atoms. The van der Waals surface area contributed by atoms with E-state index < -0.39 is 0 Å². The van der Waals surface area contributed by atoms with Crippen molar-refractivity contribution >= 4 is 5.82 Å². The average Bonchev–Trinajstić information content (AvgIpc) is 2.69. The van der Waals surface area contributed by atoms with Gasteiger partial charge in [-0.1, -0.05) is 12.1 Å². The maximum Gasteiger partial charge on any atom is 0.141 e. The summed E-state index contributed by atoms with van der Waals surface area (Å²) in [6.45, 7) is 3.97. The minimum absolute atomic E-state index is 0.0411. The quantitative estimate of drug-likeness (QED) is 0.935. The smallest absolute Gasteiger partial charge is 0.141 e. The van der Waals surface area contributed by atoms with Gasteiger partial charge in [0, 0.05) is 26.2 Å². The number of aryl methyl sites for hydroxylation is 1. The van der Waals surface area contributed by atoms with E-state index in [4.69, 9.17) is 15.0 Å². The lowest BCUT2D eigenvalue weighted by Gasteiger charge is -2.31. The van der Waals surface area contributed by atoms with Gasteiger partial charge in [-0.2, -0.15) is 5.26 Å². The lowest BCUT2D eigenvalue weighted by molar-refractivity contribution is 0.178. The molecule has 4 rings (SSSR count). The first kappa shape index (κ1) is 15.9. The van der Waals surface area contributed by atoms with Crippen LogP contribution in [0.15, 0.2) is 36.4 Å². The SMILES string of the molecule is N#Cc1cccc(O[C@@H]2CCCc3ccc(N4CCNCC4)nc32)c1. The maximum absolute atomic E-state index is 9.08. The minimum Gasteiger partial charge on any atom is -0.484 e. The predicted octanol–water partition coefficient (Wildman–Crippen LogP) is 2.82. The first-order valence-electron chi connectivity index (χ1n) is 8.96. The number of nitrogens with zero attached hydrogens (tertiary/aromatic N) is 3. The summed E-state index contributed by atoms with van der Waals surface area (Å²) in [4.78, 5) is 7.30. The molecule has 5 heteroatoms. The molecular formula is C20H22N4O. The third kappa shape index (κ3) is 3.45. The Bertz CT molecular complexity index is 793. The van der Waals surface area contributed by atoms with Crippen molar-refractivity contribution in [2.45, 2.75) is 25.4 Å². The Balaban J connectivity index is 1.60. The highest BCUT2D eigenvalue weighted by Crippen LogP contribution is 2.34. The molecule has 0 radical (unpaired) electrons. The number of ether oxygens (including phenoxy) is 1. The van der Waals surface area contributed by atoms with E-state index in [1.165, 1.54) is 5.56 Å². The monoisotopic (exact) mass is 334 g/mol. The summed E-state index contributed by atoms with van der Waals surface area (Å²) in [5.41, 5.74) is 2.97. The van der Waals surface area contributed by atoms with Crippen molar-refractivity contribution in [3.8, 4) is 11.8 Å². The average molecular weight is 334 g/mol. The van der Waals surface area contributed by atoms with Crippen LogP contribution in [0.25, 0.3) is 0 Å². The molecular weight excluding hydrogens is 312 g/mol. The van der Waals surface area contributed by atoms with E-state index in [1.54, 1.807) is 12.1 Å². The van der Waals surface area contributed by atoms with E-state index in [0.29, 0.717) is 5.56 Å². The van der Waals surface area contributed by atoms with Crippen LogP contribution in [-0.4, -0.2) is 31.2 Å². The van der Waals surface area contributed by atoms with Crippen molar-refractivity contribution in [2.75, 3.05) is 31.1 Å². The lowest BCUT2D eigenvalue weighted by Crippen LogP contribution is -2.44. The van der Waals surface area contributed by atoms with Crippen molar-refractivity contribution in [1.82, 2.24) is 10.3 Å². The second-order valence-corrected chi connectivity index (χ2v) is 6.59. The lowest BCUT2D eigenvalue weighted by atomic mass is 9.93. The summed E-state index contributed by atoms with van der Waals surface area (Å²) < 4.78 is 6.22. The standard InChI is InChI=1S/C20H22N4O/c21-14-15-3-1-5-17(13-15)25-18-6-2-4-16-7-8-19(23-20(16)18)24-11-9-22-10-12-24/h1,3,5,7-8,13,18,22H,2,4,6,9-12H2/t18-/m1/s1. The number of nitrogens with one attached hydrogen (secondary N) is 1. The molecule has 1 fully saturated rings. The van der Waals surface area contributed by atoms with Gasteiger partial charge in [-0.3, -0.25) is 0 Å². The van der Waals surface area contributed by atoms with E-state index in [9.17, 15) is 0 Å². The van der Waals surface area contributed by atoms with E-state index >= 15 is 0 Å². The normalized spacial score (nSPS) is 19.8. The Labute approximate surface area is 148 Å². The zero-order valence-corrected chi connectivity index (χ0v) is 14.2. The molecule has 1 N–H and O–H groups in total. The van der Waals surface area contributed by atoms with Gasteiger partial charge in [-0.05, 0) is 49.1 Å². The highest BCUT2D eigenvalue weighted by Gasteiger charge is 2.25. The summed E-state index contributed by atoms with van der Waals surface area (Å²) in [5.74, 6) is 1.79. The molecule has 0 amide bonds. The van der Waals surface area contributed by atoms with Crippen LogP contribution in [0.4, 0.5) is 5.82 Å². The van der Waals surface area contributed by atoms with Gasteiger partial charge in [0.15, 0.2) is 0 Å². The second kappa shape index (κ2) is 7.12. The van der Waals surface area contributed by atoms with E-state index in [-0.39, 0.29) is 6.10 Å². The third-order valence-corrected chi connectivity index (χ3v) is 4.90. The number of hydrogen-bond donors (Lipinski definition) is 1. The molecule has 0 bridgehead atoms. The number of rotatable bonds is 3. The van der Waals surface area contributed by atoms with E-state index in [2.05, 4.69) is 28.4 Å². The molecule has 1 aromatic carbocycles. The van der Waals surface area contributed by atoms with Gasteiger partial charge in [0.2, 0.25) is 0 Å². The molecule has 2 aromatic rings. The van der Waals surface area contributed by atoms with Crippen molar-refractivity contribution in [1.29, 1.82) is 5.26 Å². The van der Waals surface area contributed by atoms with Gasteiger partial charge in [0.05, 0.1) is 17.3 Å². The number of hydrogen-bond acceptors (Lipinski definition) is 5. The fraction of sp³-hybridized carbons (Fsp3) is 0.400. The molecule has 1 aromatic heterocycles. The first-order chi connectivity index (χ1) is 12.3. The molecule has 1 atom stereocenters. The molecule has 5 nitrogen and oxygen atoms in total. The second-order valence-electron chi connectivity index (χ2n) is 6.59. The van der Waals surface area contributed by atoms with Gasteiger partial charge in [0.1, 0.15) is 17.7 Å². The largest absolute Gasteiger partial charge is 0.484 e. The topological polar surface area (TPSA) is 61.2 Å². The fourth-order valence-corrected chi connectivity index (χ4v) is 3.59. The van der Waals surface area contributed by atoms with Crippen molar-refractivity contribution in [3.05, 3.63) is 53.2 Å². The summed E-state index contributed by atoms with van der Waals surface area (Å²) in [6.07, 6.45) is 3.08. The first-order valence-corrected chi connectivity index (χ1v) is 8.96. The molecule has 25 heavy (non-hydrogen) atoms. The fourth-order valence-electron chi connectivity index (χ4n) is 3.59. The molecule has 2 heterocycles. The number of pyridine rings is 1. The van der Waals surface area contributed by atoms with Crippen LogP contribution >= 0.6 is 0 Å². The number of piperazine rings is 1. The number of fused-ring (bicyclic) bond motifs is 1. The van der Waals surface area contributed by atoms with E-state index in [0.717, 1.165) is 62.7 Å². The van der Waals surface area contributed by atoms with E-state index in [1.807, 2.05) is 12.1 Å². The zero-order valence-electron chi connectivity index (χ0n) is 14.2. The molecule has 0 unspecified atom stereocenters. The van der Waals surface area contributed by atoms with Crippen molar-refractivity contribution in [2.24, 2.45) is 0 Å². The Hall–Kier alpha value is -2.58. The summed E-state index contributed by atoms with van der Waals surface area (Å²) in [5, 5.41) is 12.5. The highest BCUT2D eigenvalue weighted by atomic mass is 16.5. The summed E-state index contributed by atoms with van der Waals surface area (Å²) >= 11 is 0. The summed E-state index contributed by atoms with van der Waals surface area (Å²) in [7, 11) is 0. The van der Waals surface area contributed by atoms with Gasteiger partial charge in [0.25, 0.3) is 0 Å². The Kier molecular flexibility index (Phi) is 4.53. The van der Waals surface area contributed by atoms with Gasteiger partial charge in [-0.15, -0.1) is 0 Å². The number of nitriles is 1. The number of aromatic nitrogens is 1. The van der Waals surface area contributed by atoms with Crippen LogP contribution in [-0.2, 0) is 6.42 Å². The van der Waals surface area contributed by atoms with Crippen LogP contribution in [0.1, 0.15) is 35.8 Å². The van der Waals surface area contributed by atoms with Crippen LogP contribution in [0, 0.1) is 11.3 Å². The van der Waals surface area contributed by atoms with Crippen LogP contribution in [0.2, 0.25) is 0 Å². The highest BCUT2D eigenvalue weighted by molar-refractivity contribution is 5.44. The Morgan fingerprint density at radius 1 is 1.20 bits per heavy atom. The molecule has 1 saturated heterocycles. The van der Waals surface area contributed by atoms with Crippen LogP contribution in [0.5, 0.6) is 5.75 Å². The predicted molar refractivity (Wildman–Crippen MR) is 96.8 cm³/mol.